The Morgan fingerprint density at radius 3 is 1.89 bits per heavy atom. The SMILES string of the molecule is c1ccc(N(c2ccccc2)c2ccccc2-c2ccc3ccc4c5ccccc5[se]c4c3c2)cc1. The van der Waals surface area contributed by atoms with Gasteiger partial charge in [-0.2, -0.15) is 0 Å². The molecule has 0 N–H and O–H groups in total. The van der Waals surface area contributed by atoms with Gasteiger partial charge in [0.25, 0.3) is 0 Å². The van der Waals surface area contributed by atoms with Gasteiger partial charge in [-0.25, -0.2) is 0 Å². The van der Waals surface area contributed by atoms with Crippen molar-refractivity contribution in [3.8, 4) is 11.1 Å². The first-order valence-electron chi connectivity index (χ1n) is 12.2. The molecule has 7 aromatic rings. The third kappa shape index (κ3) is 3.55. The zero-order valence-electron chi connectivity index (χ0n) is 19.6. The molecule has 0 saturated heterocycles. The van der Waals surface area contributed by atoms with E-state index in [1.165, 1.54) is 46.9 Å². The molecule has 0 bridgehead atoms. The van der Waals surface area contributed by atoms with Gasteiger partial charge >= 0.3 is 217 Å². The summed E-state index contributed by atoms with van der Waals surface area (Å²) in [6.45, 7) is 0. The molecule has 0 fully saturated rings. The standard InChI is InChI=1S/C34H23NSe/c1-3-11-26(12-4-1)35(27-13-5-2-6-14-27)32-17-9-7-15-28(32)25-20-19-24-21-22-30-29-16-8-10-18-33(29)36-34(30)31(24)23-25/h1-23H. The summed E-state index contributed by atoms with van der Waals surface area (Å²) >= 11 is 0.323. The van der Waals surface area contributed by atoms with Crippen LogP contribution in [0.4, 0.5) is 17.1 Å². The summed E-state index contributed by atoms with van der Waals surface area (Å²) in [4.78, 5) is 2.36. The van der Waals surface area contributed by atoms with Crippen LogP contribution in [0.25, 0.3) is 41.2 Å². The monoisotopic (exact) mass is 525 g/mol. The fraction of sp³-hybridized carbons (Fsp3) is 0. The average Bonchev–Trinajstić information content (AvgIpc) is 3.34. The van der Waals surface area contributed by atoms with Crippen molar-refractivity contribution in [1.82, 2.24) is 0 Å². The minimum absolute atomic E-state index is 0.323. The molecule has 170 valence electrons. The van der Waals surface area contributed by atoms with Crippen molar-refractivity contribution in [3.05, 3.63) is 140 Å². The molecule has 36 heavy (non-hydrogen) atoms. The summed E-state index contributed by atoms with van der Waals surface area (Å²) in [5.41, 5.74) is 5.95. The fourth-order valence-corrected chi connectivity index (χ4v) is 7.74. The molecule has 0 spiro atoms. The van der Waals surface area contributed by atoms with Crippen molar-refractivity contribution < 1.29 is 0 Å². The van der Waals surface area contributed by atoms with Crippen molar-refractivity contribution in [3.63, 3.8) is 0 Å². The molecule has 1 nitrogen and oxygen atoms in total. The molecule has 0 atom stereocenters. The molecule has 0 unspecified atom stereocenters. The zero-order valence-corrected chi connectivity index (χ0v) is 21.3. The van der Waals surface area contributed by atoms with Gasteiger partial charge < -0.3 is 0 Å². The Balaban J connectivity index is 1.46. The molecule has 7 rings (SSSR count). The summed E-state index contributed by atoms with van der Waals surface area (Å²) in [6, 6.07) is 50.5. The third-order valence-corrected chi connectivity index (χ3v) is 9.41. The van der Waals surface area contributed by atoms with Gasteiger partial charge in [-0.15, -0.1) is 0 Å². The van der Waals surface area contributed by atoms with E-state index >= 15 is 0 Å². The number of anilines is 3. The molecular weight excluding hydrogens is 501 g/mol. The van der Waals surface area contributed by atoms with Crippen LogP contribution in [0, 0.1) is 0 Å². The first-order valence-corrected chi connectivity index (χ1v) is 13.9. The van der Waals surface area contributed by atoms with E-state index in [4.69, 9.17) is 0 Å². The summed E-state index contributed by atoms with van der Waals surface area (Å²) < 4.78 is 2.99. The topological polar surface area (TPSA) is 3.24 Å². The van der Waals surface area contributed by atoms with Crippen molar-refractivity contribution >= 4 is 61.6 Å². The van der Waals surface area contributed by atoms with Crippen LogP contribution in [-0.4, -0.2) is 14.5 Å². The van der Waals surface area contributed by atoms with Crippen molar-refractivity contribution in [2.75, 3.05) is 4.90 Å². The van der Waals surface area contributed by atoms with Gasteiger partial charge in [-0.1, -0.05) is 0 Å². The molecule has 0 aliphatic carbocycles. The number of nitrogens with zero attached hydrogens (tertiary/aromatic N) is 1. The fourth-order valence-electron chi connectivity index (χ4n) is 5.16. The normalized spacial score (nSPS) is 11.3. The second-order valence-electron chi connectivity index (χ2n) is 9.00. The Hall–Kier alpha value is -4.10. The van der Waals surface area contributed by atoms with Crippen molar-refractivity contribution in [2.45, 2.75) is 0 Å². The number of hydrogen-bond acceptors (Lipinski definition) is 1. The molecule has 2 heteroatoms. The van der Waals surface area contributed by atoms with E-state index in [0.29, 0.717) is 14.5 Å². The zero-order chi connectivity index (χ0) is 23.9. The number of rotatable bonds is 4. The molecule has 0 radical (unpaired) electrons. The predicted molar refractivity (Wildman–Crippen MR) is 156 cm³/mol. The van der Waals surface area contributed by atoms with Crippen LogP contribution < -0.4 is 4.90 Å². The quantitative estimate of drug-likeness (QED) is 0.207. The van der Waals surface area contributed by atoms with Crippen LogP contribution in [0.5, 0.6) is 0 Å². The van der Waals surface area contributed by atoms with E-state index < -0.39 is 0 Å². The first-order chi connectivity index (χ1) is 17.9. The maximum absolute atomic E-state index is 2.41. The molecule has 1 aromatic heterocycles. The minimum atomic E-state index is 0.323. The van der Waals surface area contributed by atoms with Crippen LogP contribution in [0.1, 0.15) is 0 Å². The summed E-state index contributed by atoms with van der Waals surface area (Å²) in [5, 5.41) is 5.49. The Kier molecular flexibility index (Phi) is 5.21. The summed E-state index contributed by atoms with van der Waals surface area (Å²) in [5.74, 6) is 0. The molecule has 0 saturated carbocycles. The molecule has 0 aliphatic rings. The van der Waals surface area contributed by atoms with E-state index in [0.717, 1.165) is 11.4 Å². The Morgan fingerprint density at radius 2 is 1.11 bits per heavy atom. The van der Waals surface area contributed by atoms with E-state index in [1.807, 2.05) is 0 Å². The van der Waals surface area contributed by atoms with E-state index in [2.05, 4.69) is 144 Å². The maximum atomic E-state index is 2.41. The number of hydrogen-bond donors (Lipinski definition) is 0. The van der Waals surface area contributed by atoms with Crippen LogP contribution in [0.2, 0.25) is 0 Å². The van der Waals surface area contributed by atoms with Gasteiger partial charge in [0.15, 0.2) is 0 Å². The number of fused-ring (bicyclic) bond motifs is 5. The predicted octanol–water partition coefficient (Wildman–Crippen LogP) is 9.34. The van der Waals surface area contributed by atoms with Crippen LogP contribution in [0.3, 0.4) is 0 Å². The molecule has 0 amide bonds. The summed E-state index contributed by atoms with van der Waals surface area (Å²) in [6.07, 6.45) is 0. The van der Waals surface area contributed by atoms with Crippen molar-refractivity contribution in [2.24, 2.45) is 0 Å². The molecular formula is C34H23NSe. The van der Waals surface area contributed by atoms with Gasteiger partial charge in [0.2, 0.25) is 0 Å². The number of para-hydroxylation sites is 3. The summed E-state index contributed by atoms with van der Waals surface area (Å²) in [7, 11) is 0. The van der Waals surface area contributed by atoms with Crippen LogP contribution in [0.15, 0.2) is 140 Å². The van der Waals surface area contributed by atoms with Gasteiger partial charge in [0.05, 0.1) is 0 Å². The molecule has 1 heterocycles. The van der Waals surface area contributed by atoms with Gasteiger partial charge in [0.1, 0.15) is 0 Å². The Morgan fingerprint density at radius 1 is 0.472 bits per heavy atom. The second-order valence-corrected chi connectivity index (χ2v) is 11.2. The Labute approximate surface area is 216 Å². The average molecular weight is 525 g/mol. The van der Waals surface area contributed by atoms with E-state index in [9.17, 15) is 0 Å². The second kappa shape index (κ2) is 8.84. The van der Waals surface area contributed by atoms with Crippen LogP contribution >= 0.6 is 0 Å². The number of benzene rings is 6. The van der Waals surface area contributed by atoms with Gasteiger partial charge in [-0.05, 0) is 0 Å². The van der Waals surface area contributed by atoms with E-state index in [1.54, 1.807) is 0 Å². The molecule has 6 aromatic carbocycles. The first kappa shape index (κ1) is 21.2. The Bertz CT molecular complexity index is 1790. The van der Waals surface area contributed by atoms with Gasteiger partial charge in [0, 0.05) is 0 Å². The van der Waals surface area contributed by atoms with Crippen molar-refractivity contribution in [1.29, 1.82) is 0 Å². The van der Waals surface area contributed by atoms with Crippen LogP contribution in [-0.2, 0) is 0 Å². The third-order valence-electron chi connectivity index (χ3n) is 6.85. The van der Waals surface area contributed by atoms with Gasteiger partial charge in [-0.3, -0.25) is 0 Å². The molecule has 0 aliphatic heterocycles. The van der Waals surface area contributed by atoms with E-state index in [-0.39, 0.29) is 0 Å².